The van der Waals surface area contributed by atoms with Crippen LogP contribution in [0.3, 0.4) is 0 Å². The largest absolute Gasteiger partial charge is 0.480 e. The number of halogens is 1. The van der Waals surface area contributed by atoms with Crippen molar-refractivity contribution in [2.24, 2.45) is 0 Å². The molecular weight excluding hydrogens is 288 g/mol. The average Bonchev–Trinajstić information content (AvgIpc) is 2.71. The summed E-state index contributed by atoms with van der Waals surface area (Å²) in [6.07, 6.45) is -1.08. The highest BCUT2D eigenvalue weighted by Gasteiger charge is 2.39. The SMILES string of the molecule is Cc1cc(N[C@H]2C[C@@H](C(=O)O)N(C(=O)O)C2)nc(Cl)n1. The smallest absolute Gasteiger partial charge is 0.408 e. The van der Waals surface area contributed by atoms with Crippen molar-refractivity contribution in [3.05, 3.63) is 17.0 Å². The molecule has 2 rings (SSSR count). The number of hydrogen-bond acceptors (Lipinski definition) is 5. The van der Waals surface area contributed by atoms with Gasteiger partial charge >= 0.3 is 12.1 Å². The zero-order valence-corrected chi connectivity index (χ0v) is 11.3. The third-order valence-corrected chi connectivity index (χ3v) is 3.18. The first-order chi connectivity index (χ1) is 9.36. The van der Waals surface area contributed by atoms with Crippen LogP contribution in [0.5, 0.6) is 0 Å². The summed E-state index contributed by atoms with van der Waals surface area (Å²) in [5.74, 6) is -0.711. The molecule has 1 saturated heterocycles. The van der Waals surface area contributed by atoms with E-state index in [1.807, 2.05) is 0 Å². The van der Waals surface area contributed by atoms with Gasteiger partial charge in [0.25, 0.3) is 0 Å². The first kappa shape index (κ1) is 14.3. The summed E-state index contributed by atoms with van der Waals surface area (Å²) in [5.41, 5.74) is 0.662. The van der Waals surface area contributed by atoms with Crippen molar-refractivity contribution in [3.8, 4) is 0 Å². The Labute approximate surface area is 119 Å². The lowest BCUT2D eigenvalue weighted by Gasteiger charge is -2.16. The highest BCUT2D eigenvalue weighted by Crippen LogP contribution is 2.22. The lowest BCUT2D eigenvalue weighted by Crippen LogP contribution is -2.39. The van der Waals surface area contributed by atoms with Crippen LogP contribution in [-0.2, 0) is 4.79 Å². The summed E-state index contributed by atoms with van der Waals surface area (Å²) in [6.45, 7) is 1.82. The maximum Gasteiger partial charge on any atom is 0.408 e. The Balaban J connectivity index is 2.11. The lowest BCUT2D eigenvalue weighted by molar-refractivity contribution is -0.141. The topological polar surface area (TPSA) is 116 Å². The molecule has 1 aromatic rings. The quantitative estimate of drug-likeness (QED) is 0.715. The number of rotatable bonds is 3. The number of hydrogen-bond donors (Lipinski definition) is 3. The molecule has 2 heterocycles. The Bertz CT molecular complexity index is 511. The molecule has 0 aromatic carbocycles. The van der Waals surface area contributed by atoms with E-state index in [2.05, 4.69) is 15.3 Å². The van der Waals surface area contributed by atoms with E-state index in [4.69, 9.17) is 21.8 Å². The first-order valence-corrected chi connectivity index (χ1v) is 6.24. The Morgan fingerprint density at radius 3 is 2.65 bits per heavy atom. The van der Waals surface area contributed by atoms with Gasteiger partial charge in [-0.25, -0.2) is 19.6 Å². The number of aromatic nitrogens is 2. The fourth-order valence-electron chi connectivity index (χ4n) is 2.20. The molecule has 0 unspecified atom stereocenters. The van der Waals surface area contributed by atoms with Crippen LogP contribution in [-0.4, -0.2) is 55.8 Å². The minimum absolute atomic E-state index is 0.0764. The van der Waals surface area contributed by atoms with E-state index in [1.165, 1.54) is 0 Å². The van der Waals surface area contributed by atoms with Gasteiger partial charge < -0.3 is 15.5 Å². The number of likely N-dealkylation sites (tertiary alicyclic amines) is 1. The van der Waals surface area contributed by atoms with Crippen molar-refractivity contribution in [1.82, 2.24) is 14.9 Å². The zero-order chi connectivity index (χ0) is 14.9. The molecule has 9 heteroatoms. The molecule has 20 heavy (non-hydrogen) atoms. The maximum atomic E-state index is 11.0. The summed E-state index contributed by atoms with van der Waals surface area (Å²) >= 11 is 5.73. The number of amides is 1. The summed E-state index contributed by atoms with van der Waals surface area (Å²) in [6, 6.07) is 0.270. The van der Waals surface area contributed by atoms with Crippen LogP contribution < -0.4 is 5.32 Å². The van der Waals surface area contributed by atoms with Gasteiger partial charge in [0.1, 0.15) is 11.9 Å². The van der Waals surface area contributed by atoms with Crippen molar-refractivity contribution >= 4 is 29.5 Å². The number of nitrogens with one attached hydrogen (secondary N) is 1. The van der Waals surface area contributed by atoms with Crippen LogP contribution in [0.4, 0.5) is 10.6 Å². The number of carboxylic acids is 1. The van der Waals surface area contributed by atoms with Gasteiger partial charge in [0.15, 0.2) is 0 Å². The second kappa shape index (κ2) is 5.49. The molecule has 8 nitrogen and oxygen atoms in total. The van der Waals surface area contributed by atoms with Gasteiger partial charge in [-0.2, -0.15) is 0 Å². The Morgan fingerprint density at radius 2 is 2.15 bits per heavy atom. The van der Waals surface area contributed by atoms with Crippen molar-refractivity contribution in [1.29, 1.82) is 0 Å². The normalized spacial score (nSPS) is 21.8. The summed E-state index contributed by atoms with van der Waals surface area (Å²) in [7, 11) is 0. The van der Waals surface area contributed by atoms with E-state index in [0.717, 1.165) is 4.90 Å². The highest BCUT2D eigenvalue weighted by atomic mass is 35.5. The zero-order valence-electron chi connectivity index (χ0n) is 10.6. The second-order valence-corrected chi connectivity index (χ2v) is 4.87. The number of anilines is 1. The third-order valence-electron chi connectivity index (χ3n) is 3.01. The van der Waals surface area contributed by atoms with Crippen molar-refractivity contribution < 1.29 is 19.8 Å². The molecule has 1 aromatic heterocycles. The molecule has 2 atom stereocenters. The number of nitrogens with zero attached hydrogens (tertiary/aromatic N) is 3. The standard InChI is InChI=1S/C11H13ClN4O4/c1-5-2-8(15-10(12)13-5)14-6-3-7(9(17)18)16(4-6)11(19)20/h2,6-7H,3-4H2,1H3,(H,17,18)(H,19,20)(H,13,14,15)/t6-,7-/m0/s1. The second-order valence-electron chi connectivity index (χ2n) is 4.53. The molecular formula is C11H13ClN4O4. The van der Waals surface area contributed by atoms with E-state index in [-0.39, 0.29) is 24.3 Å². The summed E-state index contributed by atoms with van der Waals surface area (Å²) in [4.78, 5) is 30.8. The molecule has 0 aliphatic carbocycles. The number of carbonyl (C=O) groups is 2. The van der Waals surface area contributed by atoms with Crippen LogP contribution in [0, 0.1) is 6.92 Å². The molecule has 1 amide bonds. The van der Waals surface area contributed by atoms with Crippen LogP contribution in [0.2, 0.25) is 5.28 Å². The maximum absolute atomic E-state index is 11.0. The van der Waals surface area contributed by atoms with Gasteiger partial charge in [-0.05, 0) is 18.5 Å². The Kier molecular flexibility index (Phi) is 3.93. The van der Waals surface area contributed by atoms with Crippen LogP contribution >= 0.6 is 11.6 Å². The minimum Gasteiger partial charge on any atom is -0.480 e. The Hall–Kier alpha value is -2.09. The van der Waals surface area contributed by atoms with Gasteiger partial charge in [0.05, 0.1) is 0 Å². The molecule has 1 fully saturated rings. The molecule has 1 aliphatic rings. The van der Waals surface area contributed by atoms with E-state index in [1.54, 1.807) is 13.0 Å². The summed E-state index contributed by atoms with van der Waals surface area (Å²) < 4.78 is 0. The van der Waals surface area contributed by atoms with Gasteiger partial charge in [-0.1, -0.05) is 0 Å². The van der Waals surface area contributed by atoms with E-state index in [9.17, 15) is 9.59 Å². The molecule has 0 radical (unpaired) electrons. The van der Waals surface area contributed by atoms with Crippen LogP contribution in [0.1, 0.15) is 12.1 Å². The van der Waals surface area contributed by atoms with Gasteiger partial charge in [0, 0.05) is 30.8 Å². The van der Waals surface area contributed by atoms with Crippen LogP contribution in [0.15, 0.2) is 6.07 Å². The lowest BCUT2D eigenvalue weighted by atomic mass is 10.1. The van der Waals surface area contributed by atoms with Crippen molar-refractivity contribution in [2.75, 3.05) is 11.9 Å². The minimum atomic E-state index is -1.25. The average molecular weight is 301 g/mol. The van der Waals surface area contributed by atoms with E-state index < -0.39 is 18.1 Å². The summed E-state index contributed by atoms with van der Waals surface area (Å²) in [5, 5.41) is 21.1. The number of aliphatic carboxylic acids is 1. The van der Waals surface area contributed by atoms with E-state index in [0.29, 0.717) is 11.5 Å². The molecule has 1 aliphatic heterocycles. The predicted molar refractivity (Wildman–Crippen MR) is 70.0 cm³/mol. The molecule has 0 saturated carbocycles. The van der Waals surface area contributed by atoms with Crippen molar-refractivity contribution in [3.63, 3.8) is 0 Å². The number of aryl methyl sites for hydroxylation is 1. The monoisotopic (exact) mass is 300 g/mol. The fraction of sp³-hybridized carbons (Fsp3) is 0.455. The fourth-order valence-corrected chi connectivity index (χ4v) is 2.43. The van der Waals surface area contributed by atoms with Gasteiger partial charge in [-0.3, -0.25) is 4.90 Å². The number of carboxylic acid groups (broad SMARTS) is 2. The predicted octanol–water partition coefficient (Wildman–Crippen LogP) is 1.06. The Morgan fingerprint density at radius 1 is 1.45 bits per heavy atom. The van der Waals surface area contributed by atoms with Crippen molar-refractivity contribution in [2.45, 2.75) is 25.4 Å². The first-order valence-electron chi connectivity index (χ1n) is 5.87. The molecule has 3 N–H and O–H groups in total. The molecule has 0 spiro atoms. The van der Waals surface area contributed by atoms with Gasteiger partial charge in [-0.15, -0.1) is 0 Å². The van der Waals surface area contributed by atoms with E-state index >= 15 is 0 Å². The van der Waals surface area contributed by atoms with Crippen LogP contribution in [0.25, 0.3) is 0 Å². The molecule has 0 bridgehead atoms. The molecule has 108 valence electrons. The highest BCUT2D eigenvalue weighted by molar-refractivity contribution is 6.28. The third kappa shape index (κ3) is 3.08. The van der Waals surface area contributed by atoms with Gasteiger partial charge in [0.2, 0.25) is 5.28 Å².